The Bertz CT molecular complexity index is 1260. The fraction of sp³-hybridized carbons (Fsp3) is 0.214. The van der Waals surface area contributed by atoms with E-state index >= 15 is 0 Å². The number of rotatable bonds is 7. The number of carbonyl (C=O) groups is 2. The van der Waals surface area contributed by atoms with E-state index in [9.17, 15) is 14.7 Å². The van der Waals surface area contributed by atoms with E-state index in [1.165, 1.54) is 4.90 Å². The van der Waals surface area contributed by atoms with Gasteiger partial charge in [0, 0.05) is 11.3 Å². The molecule has 1 aliphatic rings. The van der Waals surface area contributed by atoms with Crippen LogP contribution >= 0.6 is 0 Å². The lowest BCUT2D eigenvalue weighted by Crippen LogP contribution is -2.29. The Morgan fingerprint density at radius 3 is 2.03 bits per heavy atom. The van der Waals surface area contributed by atoms with Gasteiger partial charge >= 0.3 is 0 Å². The molecule has 35 heavy (non-hydrogen) atoms. The molecule has 7 heteroatoms. The van der Waals surface area contributed by atoms with E-state index in [1.54, 1.807) is 74.9 Å². The Hall–Kier alpha value is -4.26. The number of anilines is 1. The second kappa shape index (κ2) is 9.93. The van der Waals surface area contributed by atoms with Crippen LogP contribution in [-0.4, -0.2) is 37.1 Å². The van der Waals surface area contributed by atoms with Gasteiger partial charge in [0.15, 0.2) is 0 Å². The molecule has 1 amide bonds. The lowest BCUT2D eigenvalue weighted by atomic mass is 9.95. The average Bonchev–Trinajstić information content (AvgIpc) is 3.13. The normalized spacial score (nSPS) is 17.1. The third-order valence-corrected chi connectivity index (χ3v) is 5.70. The van der Waals surface area contributed by atoms with E-state index in [1.807, 2.05) is 26.0 Å². The Kier molecular flexibility index (Phi) is 6.78. The van der Waals surface area contributed by atoms with Crippen LogP contribution in [0, 0.1) is 0 Å². The highest BCUT2D eigenvalue weighted by molar-refractivity contribution is 6.51. The molecule has 1 fully saturated rings. The van der Waals surface area contributed by atoms with Crippen molar-refractivity contribution in [2.45, 2.75) is 26.0 Å². The molecule has 1 heterocycles. The van der Waals surface area contributed by atoms with Crippen LogP contribution in [0.2, 0.25) is 0 Å². The summed E-state index contributed by atoms with van der Waals surface area (Å²) in [6, 6.07) is 19.8. The largest absolute Gasteiger partial charge is 0.507 e. The minimum absolute atomic E-state index is 0.00215. The van der Waals surface area contributed by atoms with Crippen LogP contribution in [-0.2, 0) is 9.59 Å². The molecule has 180 valence electrons. The zero-order valence-corrected chi connectivity index (χ0v) is 20.0. The van der Waals surface area contributed by atoms with Crippen LogP contribution in [0.15, 0.2) is 78.4 Å². The molecular formula is C28H27NO6. The molecule has 0 spiro atoms. The number of ketones is 1. The SMILES string of the molecule is COc1ccc(/C(O)=C2/C(=O)C(=O)N(c3ccc(OC)cc3)C2c2cccc(OC(C)C)c2)cc1. The maximum absolute atomic E-state index is 13.3. The van der Waals surface area contributed by atoms with Gasteiger partial charge in [-0.05, 0) is 80.1 Å². The third kappa shape index (κ3) is 4.71. The van der Waals surface area contributed by atoms with Gasteiger partial charge in [0.05, 0.1) is 31.9 Å². The molecule has 0 aliphatic carbocycles. The number of nitrogens with zero attached hydrogens (tertiary/aromatic N) is 1. The van der Waals surface area contributed by atoms with Crippen LogP contribution in [0.3, 0.4) is 0 Å². The summed E-state index contributed by atoms with van der Waals surface area (Å²) >= 11 is 0. The predicted molar refractivity (Wildman–Crippen MR) is 133 cm³/mol. The number of hydrogen-bond donors (Lipinski definition) is 1. The maximum Gasteiger partial charge on any atom is 0.300 e. The summed E-state index contributed by atoms with van der Waals surface area (Å²) in [5.41, 5.74) is 1.53. The number of hydrogen-bond acceptors (Lipinski definition) is 6. The van der Waals surface area contributed by atoms with E-state index in [-0.39, 0.29) is 17.4 Å². The smallest absolute Gasteiger partial charge is 0.300 e. The van der Waals surface area contributed by atoms with Gasteiger partial charge in [-0.3, -0.25) is 14.5 Å². The van der Waals surface area contributed by atoms with Crippen molar-refractivity contribution >= 4 is 23.1 Å². The molecular weight excluding hydrogens is 446 g/mol. The summed E-state index contributed by atoms with van der Waals surface area (Å²) in [5.74, 6) is 0.0620. The van der Waals surface area contributed by atoms with Crippen LogP contribution in [0.5, 0.6) is 17.2 Å². The molecule has 0 aromatic heterocycles. The van der Waals surface area contributed by atoms with E-state index in [4.69, 9.17) is 14.2 Å². The van der Waals surface area contributed by atoms with Crippen molar-refractivity contribution in [3.63, 3.8) is 0 Å². The molecule has 0 radical (unpaired) electrons. The van der Waals surface area contributed by atoms with Crippen molar-refractivity contribution in [3.8, 4) is 17.2 Å². The van der Waals surface area contributed by atoms with Crippen molar-refractivity contribution in [2.24, 2.45) is 0 Å². The number of amides is 1. The first-order valence-electron chi connectivity index (χ1n) is 11.2. The molecule has 7 nitrogen and oxygen atoms in total. The van der Waals surface area contributed by atoms with Crippen LogP contribution in [0.4, 0.5) is 5.69 Å². The van der Waals surface area contributed by atoms with Gasteiger partial charge in [0.25, 0.3) is 11.7 Å². The molecule has 1 unspecified atom stereocenters. The highest BCUT2D eigenvalue weighted by Gasteiger charge is 2.47. The molecule has 1 aliphatic heterocycles. The summed E-state index contributed by atoms with van der Waals surface area (Å²) in [6.07, 6.45) is -0.0579. The van der Waals surface area contributed by atoms with Crippen molar-refractivity contribution in [2.75, 3.05) is 19.1 Å². The first-order chi connectivity index (χ1) is 16.8. The van der Waals surface area contributed by atoms with E-state index in [2.05, 4.69) is 0 Å². The monoisotopic (exact) mass is 473 g/mol. The van der Waals surface area contributed by atoms with E-state index in [0.29, 0.717) is 34.1 Å². The number of carbonyl (C=O) groups excluding carboxylic acids is 2. The molecule has 1 atom stereocenters. The van der Waals surface area contributed by atoms with Crippen LogP contribution in [0.1, 0.15) is 31.0 Å². The van der Waals surface area contributed by atoms with Gasteiger partial charge in [-0.15, -0.1) is 0 Å². The summed E-state index contributed by atoms with van der Waals surface area (Å²) in [4.78, 5) is 28.0. The molecule has 3 aromatic carbocycles. The zero-order chi connectivity index (χ0) is 25.1. The Morgan fingerprint density at radius 2 is 1.46 bits per heavy atom. The van der Waals surface area contributed by atoms with Gasteiger partial charge in [-0.2, -0.15) is 0 Å². The lowest BCUT2D eigenvalue weighted by Gasteiger charge is -2.26. The maximum atomic E-state index is 13.3. The number of aliphatic hydroxyl groups excluding tert-OH is 1. The summed E-state index contributed by atoms with van der Waals surface area (Å²) < 4.78 is 16.3. The van der Waals surface area contributed by atoms with E-state index in [0.717, 1.165) is 0 Å². The van der Waals surface area contributed by atoms with Gasteiger partial charge in [0.2, 0.25) is 0 Å². The highest BCUT2D eigenvalue weighted by Crippen LogP contribution is 2.43. The van der Waals surface area contributed by atoms with Gasteiger partial charge in [-0.1, -0.05) is 12.1 Å². The van der Waals surface area contributed by atoms with Gasteiger partial charge < -0.3 is 19.3 Å². The first-order valence-corrected chi connectivity index (χ1v) is 11.2. The summed E-state index contributed by atoms with van der Waals surface area (Å²) in [5, 5.41) is 11.3. The van der Waals surface area contributed by atoms with Gasteiger partial charge in [0.1, 0.15) is 23.0 Å². The molecule has 1 N–H and O–H groups in total. The van der Waals surface area contributed by atoms with E-state index < -0.39 is 17.7 Å². The van der Waals surface area contributed by atoms with Crippen LogP contribution in [0.25, 0.3) is 5.76 Å². The molecule has 4 rings (SSSR count). The van der Waals surface area contributed by atoms with Gasteiger partial charge in [-0.25, -0.2) is 0 Å². The third-order valence-electron chi connectivity index (χ3n) is 5.70. The average molecular weight is 474 g/mol. The number of benzene rings is 3. The van der Waals surface area contributed by atoms with Crippen molar-refractivity contribution in [3.05, 3.63) is 89.5 Å². The predicted octanol–water partition coefficient (Wildman–Crippen LogP) is 5.12. The Balaban J connectivity index is 1.90. The fourth-order valence-corrected chi connectivity index (χ4v) is 4.09. The second-order valence-corrected chi connectivity index (χ2v) is 8.33. The highest BCUT2D eigenvalue weighted by atomic mass is 16.5. The minimum Gasteiger partial charge on any atom is -0.507 e. The minimum atomic E-state index is -0.860. The number of ether oxygens (including phenoxy) is 3. The number of Topliss-reactive ketones (excluding diaryl/α,β-unsaturated/α-hetero) is 1. The van der Waals surface area contributed by atoms with Crippen LogP contribution < -0.4 is 19.1 Å². The summed E-state index contributed by atoms with van der Waals surface area (Å²) in [7, 11) is 3.10. The molecule has 1 saturated heterocycles. The molecule has 3 aromatic rings. The Morgan fingerprint density at radius 1 is 0.857 bits per heavy atom. The quantitative estimate of drug-likeness (QED) is 0.291. The fourth-order valence-electron chi connectivity index (χ4n) is 4.09. The van der Waals surface area contributed by atoms with Crippen molar-refractivity contribution in [1.82, 2.24) is 0 Å². The van der Waals surface area contributed by atoms with Crippen molar-refractivity contribution < 1.29 is 28.9 Å². The molecule has 0 saturated carbocycles. The number of aliphatic hydroxyl groups is 1. The standard InChI is InChI=1S/C28H27NO6/c1-17(2)35-23-7-5-6-19(16-23)25-24(26(30)18-8-12-21(33-3)13-9-18)27(31)28(32)29(25)20-10-14-22(34-4)15-11-20/h5-17,25,30H,1-4H3/b26-24-. The number of methoxy groups -OCH3 is 2. The Labute approximate surface area is 204 Å². The summed E-state index contributed by atoms with van der Waals surface area (Å²) in [6.45, 7) is 3.83. The lowest BCUT2D eigenvalue weighted by molar-refractivity contribution is -0.132. The molecule has 0 bridgehead atoms. The topological polar surface area (TPSA) is 85.3 Å². The second-order valence-electron chi connectivity index (χ2n) is 8.33. The van der Waals surface area contributed by atoms with Crippen molar-refractivity contribution in [1.29, 1.82) is 0 Å². The first kappa shape index (κ1) is 23.9. The zero-order valence-electron chi connectivity index (χ0n) is 20.0.